The molecular weight excluding hydrogens is 222 g/mol. The summed E-state index contributed by atoms with van der Waals surface area (Å²) in [7, 11) is -1.69. The van der Waals surface area contributed by atoms with Gasteiger partial charge in [-0.15, -0.1) is 0 Å². The first kappa shape index (κ1) is 11.0. The minimum atomic E-state index is -4.43. The Kier molecular flexibility index (Phi) is 2.44. The van der Waals surface area contributed by atoms with Crippen molar-refractivity contribution >= 4 is 23.5 Å². The Hall–Kier alpha value is -1.47. The topological polar surface area (TPSA) is 56.2 Å². The van der Waals surface area contributed by atoms with Crippen LogP contribution in [0.5, 0.6) is 0 Å². The van der Waals surface area contributed by atoms with Gasteiger partial charge in [0, 0.05) is 5.52 Å². The lowest BCUT2D eigenvalue weighted by Crippen LogP contribution is -2.29. The number of H-pyrrole nitrogens is 1. The summed E-state index contributed by atoms with van der Waals surface area (Å²) >= 11 is 0. The SMILES string of the molecule is OB(O)c1ccc2[nH]c(C(F)(F)F)cc2c1. The zero-order valence-electron chi connectivity index (χ0n) is 7.92. The van der Waals surface area contributed by atoms with Crippen LogP contribution < -0.4 is 5.46 Å². The highest BCUT2D eigenvalue weighted by Gasteiger charge is 2.32. The maximum atomic E-state index is 12.4. The number of hydrogen-bond acceptors (Lipinski definition) is 2. The molecule has 84 valence electrons. The molecule has 1 aromatic carbocycles. The lowest BCUT2D eigenvalue weighted by Gasteiger charge is -2.00. The van der Waals surface area contributed by atoms with E-state index in [9.17, 15) is 13.2 Å². The Morgan fingerprint density at radius 3 is 2.38 bits per heavy atom. The number of alkyl halides is 3. The predicted molar refractivity (Wildman–Crippen MR) is 53.1 cm³/mol. The van der Waals surface area contributed by atoms with Crippen LogP contribution in [0.1, 0.15) is 5.69 Å². The van der Waals surface area contributed by atoms with Gasteiger partial charge in [0.25, 0.3) is 0 Å². The van der Waals surface area contributed by atoms with Gasteiger partial charge in [-0.2, -0.15) is 13.2 Å². The summed E-state index contributed by atoms with van der Waals surface area (Å²) in [6, 6.07) is 4.95. The van der Waals surface area contributed by atoms with Crippen LogP contribution in [0.2, 0.25) is 0 Å². The zero-order valence-corrected chi connectivity index (χ0v) is 7.92. The van der Waals surface area contributed by atoms with Crippen molar-refractivity contribution in [2.75, 3.05) is 0 Å². The Labute approximate surface area is 88.7 Å². The van der Waals surface area contributed by atoms with Crippen LogP contribution in [0.25, 0.3) is 10.9 Å². The molecule has 0 amide bonds. The molecule has 2 rings (SSSR count). The van der Waals surface area contributed by atoms with Crippen LogP contribution in [0.3, 0.4) is 0 Å². The number of benzene rings is 1. The van der Waals surface area contributed by atoms with E-state index < -0.39 is 19.0 Å². The minimum Gasteiger partial charge on any atom is -0.423 e. The fourth-order valence-corrected chi connectivity index (χ4v) is 1.46. The fraction of sp³-hybridized carbons (Fsp3) is 0.111. The van der Waals surface area contributed by atoms with E-state index in [1.54, 1.807) is 0 Å². The maximum Gasteiger partial charge on any atom is 0.488 e. The van der Waals surface area contributed by atoms with Gasteiger partial charge in [-0.1, -0.05) is 12.1 Å². The van der Waals surface area contributed by atoms with Gasteiger partial charge in [-0.05, 0) is 23.0 Å². The van der Waals surface area contributed by atoms with Crippen molar-refractivity contribution in [3.63, 3.8) is 0 Å². The highest BCUT2D eigenvalue weighted by Crippen LogP contribution is 2.30. The first-order valence-electron chi connectivity index (χ1n) is 4.44. The van der Waals surface area contributed by atoms with Crippen molar-refractivity contribution in [3.05, 3.63) is 30.0 Å². The van der Waals surface area contributed by atoms with Gasteiger partial charge in [0.1, 0.15) is 5.69 Å². The van der Waals surface area contributed by atoms with E-state index in [2.05, 4.69) is 4.98 Å². The lowest BCUT2D eigenvalue weighted by atomic mass is 9.80. The number of aromatic amines is 1. The highest BCUT2D eigenvalue weighted by molar-refractivity contribution is 6.58. The monoisotopic (exact) mass is 229 g/mol. The minimum absolute atomic E-state index is 0.153. The van der Waals surface area contributed by atoms with Gasteiger partial charge < -0.3 is 15.0 Å². The molecule has 3 nitrogen and oxygen atoms in total. The number of aromatic nitrogens is 1. The molecule has 0 atom stereocenters. The molecule has 1 aromatic heterocycles. The van der Waals surface area contributed by atoms with E-state index >= 15 is 0 Å². The largest absolute Gasteiger partial charge is 0.488 e. The summed E-state index contributed by atoms with van der Waals surface area (Å²) in [5.74, 6) is 0. The number of rotatable bonds is 1. The fourth-order valence-electron chi connectivity index (χ4n) is 1.46. The van der Waals surface area contributed by atoms with E-state index in [4.69, 9.17) is 10.0 Å². The van der Waals surface area contributed by atoms with Gasteiger partial charge in [-0.3, -0.25) is 0 Å². The molecule has 0 saturated heterocycles. The molecule has 0 unspecified atom stereocenters. The van der Waals surface area contributed by atoms with Crippen LogP contribution in [0.4, 0.5) is 13.2 Å². The Morgan fingerprint density at radius 1 is 1.12 bits per heavy atom. The van der Waals surface area contributed by atoms with Crippen LogP contribution in [0.15, 0.2) is 24.3 Å². The lowest BCUT2D eigenvalue weighted by molar-refractivity contribution is -0.140. The van der Waals surface area contributed by atoms with Crippen molar-refractivity contribution in [3.8, 4) is 0 Å². The second-order valence-corrected chi connectivity index (χ2v) is 3.40. The summed E-state index contributed by atoms with van der Waals surface area (Å²) in [4.78, 5) is 2.21. The van der Waals surface area contributed by atoms with Crippen molar-refractivity contribution in [1.82, 2.24) is 4.98 Å². The van der Waals surface area contributed by atoms with Crippen LogP contribution in [0, 0.1) is 0 Å². The van der Waals surface area contributed by atoms with Gasteiger partial charge >= 0.3 is 13.3 Å². The number of hydrogen-bond donors (Lipinski definition) is 3. The zero-order chi connectivity index (χ0) is 11.9. The molecule has 3 N–H and O–H groups in total. The maximum absolute atomic E-state index is 12.4. The van der Waals surface area contributed by atoms with E-state index in [-0.39, 0.29) is 10.8 Å². The van der Waals surface area contributed by atoms with Crippen molar-refractivity contribution < 1.29 is 23.2 Å². The number of fused-ring (bicyclic) bond motifs is 1. The van der Waals surface area contributed by atoms with Crippen LogP contribution in [-0.4, -0.2) is 22.2 Å². The molecule has 0 radical (unpaired) electrons. The normalized spacial score (nSPS) is 12.1. The van der Waals surface area contributed by atoms with Crippen LogP contribution >= 0.6 is 0 Å². The Balaban J connectivity index is 2.54. The molecule has 7 heteroatoms. The van der Waals surface area contributed by atoms with Crippen molar-refractivity contribution in [2.45, 2.75) is 6.18 Å². The third kappa shape index (κ3) is 1.91. The number of halogens is 3. The highest BCUT2D eigenvalue weighted by atomic mass is 19.4. The molecule has 2 aromatic rings. The molecule has 0 aliphatic heterocycles. The summed E-state index contributed by atoms with van der Waals surface area (Å²) in [5.41, 5.74) is -0.399. The van der Waals surface area contributed by atoms with E-state index in [0.717, 1.165) is 6.07 Å². The summed E-state index contributed by atoms with van der Waals surface area (Å²) in [5, 5.41) is 18.0. The number of nitrogens with one attached hydrogen (secondary N) is 1. The summed E-state index contributed by atoms with van der Waals surface area (Å²) < 4.78 is 37.1. The first-order valence-corrected chi connectivity index (χ1v) is 4.44. The van der Waals surface area contributed by atoms with E-state index in [1.807, 2.05) is 0 Å². The first-order chi connectivity index (χ1) is 7.38. The van der Waals surface area contributed by atoms with Gasteiger partial charge in [0.05, 0.1) is 0 Å². The molecule has 16 heavy (non-hydrogen) atoms. The quantitative estimate of drug-likeness (QED) is 0.635. The molecular formula is C9H7BF3NO2. The second kappa shape index (κ2) is 3.53. The van der Waals surface area contributed by atoms with E-state index in [0.29, 0.717) is 5.52 Å². The molecule has 1 heterocycles. The molecule has 0 bridgehead atoms. The molecule has 0 aliphatic rings. The van der Waals surface area contributed by atoms with Crippen LogP contribution in [-0.2, 0) is 6.18 Å². The standard InChI is InChI=1S/C9H7BF3NO2/c11-9(12,13)8-4-5-3-6(10(15)16)1-2-7(5)14-8/h1-4,14-16H. The average Bonchev–Trinajstić information content (AvgIpc) is 2.58. The smallest absolute Gasteiger partial charge is 0.423 e. The van der Waals surface area contributed by atoms with Crippen molar-refractivity contribution in [1.29, 1.82) is 0 Å². The van der Waals surface area contributed by atoms with E-state index in [1.165, 1.54) is 18.2 Å². The molecule has 0 saturated carbocycles. The summed E-state index contributed by atoms with van der Waals surface area (Å²) in [6.07, 6.45) is -4.43. The predicted octanol–water partition coefficient (Wildman–Crippen LogP) is 0.866. The van der Waals surface area contributed by atoms with Crippen molar-refractivity contribution in [2.24, 2.45) is 0 Å². The molecule has 0 aliphatic carbocycles. The Morgan fingerprint density at radius 2 is 1.81 bits per heavy atom. The van der Waals surface area contributed by atoms with Gasteiger partial charge in [0.2, 0.25) is 0 Å². The second-order valence-electron chi connectivity index (χ2n) is 3.40. The third-order valence-corrected chi connectivity index (χ3v) is 2.25. The molecule has 0 fully saturated rings. The third-order valence-electron chi connectivity index (χ3n) is 2.25. The average molecular weight is 229 g/mol. The summed E-state index contributed by atoms with van der Waals surface area (Å²) in [6.45, 7) is 0. The Bertz CT molecular complexity index is 521. The van der Waals surface area contributed by atoms with Gasteiger partial charge in [-0.25, -0.2) is 0 Å². The molecule has 0 spiro atoms. The van der Waals surface area contributed by atoms with Gasteiger partial charge in [0.15, 0.2) is 0 Å².